The minimum Gasteiger partial charge on any atom is -0.329 e. The van der Waals surface area contributed by atoms with E-state index in [0.29, 0.717) is 25.9 Å². The second kappa shape index (κ2) is 8.34. The van der Waals surface area contributed by atoms with Crippen LogP contribution < -0.4 is 10.6 Å². The molecule has 0 aliphatic carbocycles. The molecule has 7 nitrogen and oxygen atoms in total. The van der Waals surface area contributed by atoms with Gasteiger partial charge in [0.25, 0.3) is 0 Å². The fourth-order valence-electron chi connectivity index (χ4n) is 4.00. The molecule has 5 amide bonds. The summed E-state index contributed by atoms with van der Waals surface area (Å²) in [4.78, 5) is 39.8. The van der Waals surface area contributed by atoms with Crippen molar-refractivity contribution in [1.82, 2.24) is 20.4 Å². The molecule has 29 heavy (non-hydrogen) atoms. The smallest absolute Gasteiger partial charge is 0.324 e. The summed E-state index contributed by atoms with van der Waals surface area (Å²) < 4.78 is 0. The van der Waals surface area contributed by atoms with Crippen molar-refractivity contribution in [2.75, 3.05) is 19.6 Å². The largest absolute Gasteiger partial charge is 0.329 e. The van der Waals surface area contributed by atoms with E-state index in [-0.39, 0.29) is 36.6 Å². The second-order valence-corrected chi connectivity index (χ2v) is 7.34. The summed E-state index contributed by atoms with van der Waals surface area (Å²) in [6, 6.07) is 18.9. The van der Waals surface area contributed by atoms with Crippen LogP contribution in [0.4, 0.5) is 9.59 Å². The second-order valence-electron chi connectivity index (χ2n) is 7.34. The number of rotatable bonds is 4. The van der Waals surface area contributed by atoms with Gasteiger partial charge < -0.3 is 15.5 Å². The summed E-state index contributed by atoms with van der Waals surface area (Å²) in [6.07, 6.45) is 1.18. The van der Waals surface area contributed by atoms with Gasteiger partial charge in [-0.1, -0.05) is 60.7 Å². The first-order valence-corrected chi connectivity index (χ1v) is 9.88. The maximum atomic E-state index is 13.0. The predicted octanol–water partition coefficient (Wildman–Crippen LogP) is 2.50. The van der Waals surface area contributed by atoms with Gasteiger partial charge in [-0.3, -0.25) is 9.69 Å². The Kier molecular flexibility index (Phi) is 5.46. The Morgan fingerprint density at radius 2 is 1.48 bits per heavy atom. The molecule has 0 unspecified atom stereocenters. The zero-order valence-corrected chi connectivity index (χ0v) is 16.1. The van der Waals surface area contributed by atoms with Crippen molar-refractivity contribution >= 4 is 18.0 Å². The van der Waals surface area contributed by atoms with Crippen LogP contribution in [0.3, 0.4) is 0 Å². The molecule has 0 bridgehead atoms. The van der Waals surface area contributed by atoms with Gasteiger partial charge in [-0.25, -0.2) is 9.59 Å². The third-order valence-corrected chi connectivity index (χ3v) is 5.53. The lowest BCUT2D eigenvalue weighted by Gasteiger charge is -2.36. The summed E-state index contributed by atoms with van der Waals surface area (Å²) in [6.45, 7) is 1.07. The number of imide groups is 1. The summed E-state index contributed by atoms with van der Waals surface area (Å²) in [5.41, 5.74) is 2.03. The first-order valence-electron chi connectivity index (χ1n) is 9.88. The number of benzene rings is 2. The van der Waals surface area contributed by atoms with E-state index in [1.54, 1.807) is 4.90 Å². The average molecular weight is 392 g/mol. The van der Waals surface area contributed by atoms with Crippen LogP contribution in [0.2, 0.25) is 0 Å². The molecule has 2 N–H and O–H groups in total. The lowest BCUT2D eigenvalue weighted by Crippen LogP contribution is -2.51. The standard InChI is InChI=1S/C22H24N4O3/c27-19-15-23-21(28)26(19)18-11-13-25(14-12-18)22(29)24-20(16-7-3-1-4-8-16)17-9-5-2-6-10-17/h1-10,18,20H,11-15H2,(H,23,28)(H,24,29). The van der Waals surface area contributed by atoms with Crippen LogP contribution in [0.5, 0.6) is 0 Å². The Morgan fingerprint density at radius 1 is 0.931 bits per heavy atom. The van der Waals surface area contributed by atoms with Gasteiger partial charge in [0, 0.05) is 19.1 Å². The molecular formula is C22H24N4O3. The average Bonchev–Trinajstić information content (AvgIpc) is 3.11. The van der Waals surface area contributed by atoms with E-state index >= 15 is 0 Å². The minimum absolute atomic E-state index is 0.0648. The third-order valence-electron chi connectivity index (χ3n) is 5.53. The lowest BCUT2D eigenvalue weighted by molar-refractivity contribution is -0.127. The topological polar surface area (TPSA) is 81.8 Å². The van der Waals surface area contributed by atoms with Crippen molar-refractivity contribution in [2.45, 2.75) is 24.9 Å². The molecule has 0 aromatic heterocycles. The van der Waals surface area contributed by atoms with Crippen molar-refractivity contribution < 1.29 is 14.4 Å². The quantitative estimate of drug-likeness (QED) is 0.785. The molecule has 7 heteroatoms. The van der Waals surface area contributed by atoms with E-state index in [0.717, 1.165) is 11.1 Å². The number of nitrogens with one attached hydrogen (secondary N) is 2. The zero-order chi connectivity index (χ0) is 20.2. The van der Waals surface area contributed by atoms with E-state index in [2.05, 4.69) is 10.6 Å². The molecule has 0 atom stereocenters. The van der Waals surface area contributed by atoms with Crippen molar-refractivity contribution in [3.05, 3.63) is 71.8 Å². The number of nitrogens with zero attached hydrogens (tertiary/aromatic N) is 2. The van der Waals surface area contributed by atoms with Crippen LogP contribution in [0, 0.1) is 0 Å². The van der Waals surface area contributed by atoms with Gasteiger partial charge in [-0.2, -0.15) is 0 Å². The normalized spacial score (nSPS) is 17.6. The maximum Gasteiger partial charge on any atom is 0.324 e. The number of likely N-dealkylation sites (tertiary alicyclic amines) is 1. The third kappa shape index (κ3) is 4.08. The minimum atomic E-state index is -0.328. The van der Waals surface area contributed by atoms with Crippen molar-refractivity contribution in [1.29, 1.82) is 0 Å². The van der Waals surface area contributed by atoms with Gasteiger partial charge in [-0.05, 0) is 24.0 Å². The van der Waals surface area contributed by atoms with Gasteiger partial charge in [0.1, 0.15) is 0 Å². The van der Waals surface area contributed by atoms with E-state index in [4.69, 9.17) is 0 Å². The number of urea groups is 2. The maximum absolute atomic E-state index is 13.0. The molecule has 2 fully saturated rings. The molecular weight excluding hydrogens is 368 g/mol. The molecule has 0 spiro atoms. The Hall–Kier alpha value is -3.35. The molecule has 150 valence electrons. The number of amides is 5. The van der Waals surface area contributed by atoms with Crippen LogP contribution in [0.15, 0.2) is 60.7 Å². The van der Waals surface area contributed by atoms with Gasteiger partial charge in [-0.15, -0.1) is 0 Å². The SMILES string of the molecule is O=C(NC(c1ccccc1)c1ccccc1)N1CCC(N2C(=O)CNC2=O)CC1. The molecule has 0 radical (unpaired) electrons. The Morgan fingerprint density at radius 3 is 1.97 bits per heavy atom. The first kappa shape index (κ1) is 19.0. The molecule has 2 aliphatic heterocycles. The molecule has 2 heterocycles. The molecule has 2 aliphatic rings. The van der Waals surface area contributed by atoms with Gasteiger partial charge >= 0.3 is 12.1 Å². The Bertz CT molecular complexity index is 824. The summed E-state index contributed by atoms with van der Waals surface area (Å²) in [5.74, 6) is -0.189. The summed E-state index contributed by atoms with van der Waals surface area (Å²) in [5, 5.41) is 5.71. The van der Waals surface area contributed by atoms with Gasteiger partial charge in [0.2, 0.25) is 5.91 Å². The van der Waals surface area contributed by atoms with Crippen LogP contribution in [-0.2, 0) is 4.79 Å². The number of hydrogen-bond acceptors (Lipinski definition) is 3. The van der Waals surface area contributed by atoms with Gasteiger partial charge in [0.05, 0.1) is 12.6 Å². The van der Waals surface area contributed by atoms with E-state index in [9.17, 15) is 14.4 Å². The Labute approximate surface area is 169 Å². The molecule has 2 aromatic carbocycles. The number of carbonyl (C=O) groups is 3. The lowest BCUT2D eigenvalue weighted by atomic mass is 9.98. The van der Waals surface area contributed by atoms with E-state index in [1.165, 1.54) is 4.90 Å². The number of carbonyl (C=O) groups excluding carboxylic acids is 3. The highest BCUT2D eigenvalue weighted by atomic mass is 16.2. The molecule has 2 saturated heterocycles. The van der Waals surface area contributed by atoms with Crippen LogP contribution in [0.1, 0.15) is 30.0 Å². The highest BCUT2D eigenvalue weighted by Crippen LogP contribution is 2.23. The molecule has 4 rings (SSSR count). The first-order chi connectivity index (χ1) is 14.1. The zero-order valence-electron chi connectivity index (χ0n) is 16.1. The van der Waals surface area contributed by atoms with Crippen LogP contribution >= 0.6 is 0 Å². The highest BCUT2D eigenvalue weighted by molar-refractivity contribution is 6.02. The fourth-order valence-corrected chi connectivity index (χ4v) is 4.00. The number of hydrogen-bond donors (Lipinski definition) is 2. The summed E-state index contributed by atoms with van der Waals surface area (Å²) in [7, 11) is 0. The predicted molar refractivity (Wildman–Crippen MR) is 108 cm³/mol. The van der Waals surface area contributed by atoms with Crippen molar-refractivity contribution in [2.24, 2.45) is 0 Å². The molecule has 2 aromatic rings. The van der Waals surface area contributed by atoms with Crippen LogP contribution in [0.25, 0.3) is 0 Å². The van der Waals surface area contributed by atoms with Crippen molar-refractivity contribution in [3.8, 4) is 0 Å². The highest BCUT2D eigenvalue weighted by Gasteiger charge is 2.37. The Balaban J connectivity index is 1.42. The van der Waals surface area contributed by atoms with Crippen molar-refractivity contribution in [3.63, 3.8) is 0 Å². The molecule has 0 saturated carbocycles. The summed E-state index contributed by atoms with van der Waals surface area (Å²) >= 11 is 0. The fraction of sp³-hybridized carbons (Fsp3) is 0.318. The van der Waals surface area contributed by atoms with E-state index in [1.807, 2.05) is 60.7 Å². The number of piperidine rings is 1. The monoisotopic (exact) mass is 392 g/mol. The van der Waals surface area contributed by atoms with E-state index < -0.39 is 0 Å². The van der Waals surface area contributed by atoms with Crippen LogP contribution in [-0.4, -0.2) is 53.4 Å². The van der Waals surface area contributed by atoms with Gasteiger partial charge in [0.15, 0.2) is 0 Å².